The lowest BCUT2D eigenvalue weighted by atomic mass is 10.2. The zero-order chi connectivity index (χ0) is 11.8. The van der Waals surface area contributed by atoms with Gasteiger partial charge in [-0.05, 0) is 24.3 Å². The number of nitrogens with zero attached hydrogens (tertiary/aromatic N) is 3. The van der Waals surface area contributed by atoms with E-state index in [-0.39, 0.29) is 17.5 Å². The molecule has 84 valence electrons. The highest BCUT2D eigenvalue weighted by Crippen LogP contribution is 2.23. The first-order chi connectivity index (χ1) is 8.22. The molecule has 6 heteroatoms. The molecular weight excluding hydrogens is 225 g/mol. The molecular formula is C11H6FN3O2. The Bertz CT molecular complexity index is 679. The fourth-order valence-corrected chi connectivity index (χ4v) is 1.44. The Kier molecular flexibility index (Phi) is 2.01. The summed E-state index contributed by atoms with van der Waals surface area (Å²) in [6.07, 6.45) is 1.36. The number of hydrogen-bond acceptors (Lipinski definition) is 5. The minimum Gasteiger partial charge on any atom is -0.479 e. The molecule has 0 aliphatic carbocycles. The number of oxazole rings is 1. The van der Waals surface area contributed by atoms with Crippen molar-refractivity contribution in [1.82, 2.24) is 15.0 Å². The van der Waals surface area contributed by atoms with Gasteiger partial charge in [-0.3, -0.25) is 0 Å². The Labute approximate surface area is 94.6 Å². The second-order valence-corrected chi connectivity index (χ2v) is 3.39. The maximum Gasteiger partial charge on any atom is 0.317 e. The van der Waals surface area contributed by atoms with E-state index in [1.165, 1.54) is 18.3 Å². The van der Waals surface area contributed by atoms with E-state index in [1.807, 2.05) is 0 Å². The van der Waals surface area contributed by atoms with E-state index in [2.05, 4.69) is 15.0 Å². The molecule has 0 amide bonds. The van der Waals surface area contributed by atoms with Crippen LogP contribution in [0.4, 0.5) is 4.39 Å². The third-order valence-corrected chi connectivity index (χ3v) is 2.23. The zero-order valence-electron chi connectivity index (χ0n) is 8.46. The molecule has 0 saturated heterocycles. The van der Waals surface area contributed by atoms with Crippen molar-refractivity contribution in [2.24, 2.45) is 0 Å². The Morgan fingerprint density at radius 3 is 2.65 bits per heavy atom. The van der Waals surface area contributed by atoms with Gasteiger partial charge in [0.1, 0.15) is 11.3 Å². The molecule has 0 saturated carbocycles. The number of rotatable bonds is 1. The third-order valence-electron chi connectivity index (χ3n) is 2.23. The normalized spacial score (nSPS) is 10.9. The van der Waals surface area contributed by atoms with Crippen LogP contribution < -0.4 is 0 Å². The van der Waals surface area contributed by atoms with Gasteiger partial charge in [0, 0.05) is 5.56 Å². The predicted octanol–water partition coefficient (Wildman–Crippen LogP) is 2.13. The van der Waals surface area contributed by atoms with Crippen molar-refractivity contribution in [3.63, 3.8) is 0 Å². The SMILES string of the molecule is Oc1ncc2nc(-c3ccc(F)cc3)oc2n1. The number of hydrogen-bond donors (Lipinski definition) is 1. The van der Waals surface area contributed by atoms with Gasteiger partial charge in [0.05, 0.1) is 6.20 Å². The Balaban J connectivity index is 2.14. The first-order valence-corrected chi connectivity index (χ1v) is 4.81. The van der Waals surface area contributed by atoms with E-state index in [0.717, 1.165) is 0 Å². The summed E-state index contributed by atoms with van der Waals surface area (Å²) in [4.78, 5) is 11.4. The van der Waals surface area contributed by atoms with E-state index in [0.29, 0.717) is 17.0 Å². The molecule has 0 unspecified atom stereocenters. The summed E-state index contributed by atoms with van der Waals surface area (Å²) in [6.45, 7) is 0. The molecule has 5 nitrogen and oxygen atoms in total. The second kappa shape index (κ2) is 3.51. The molecule has 17 heavy (non-hydrogen) atoms. The molecule has 2 aromatic heterocycles. The maximum atomic E-state index is 12.8. The summed E-state index contributed by atoms with van der Waals surface area (Å²) in [6, 6.07) is 5.35. The lowest BCUT2D eigenvalue weighted by molar-refractivity contribution is 0.429. The standard InChI is InChI=1S/C11H6FN3O2/c12-7-3-1-6(2-4-7)9-14-8-5-13-11(16)15-10(8)17-9/h1-5H,(H,13,15,16). The van der Waals surface area contributed by atoms with Crippen molar-refractivity contribution >= 4 is 11.2 Å². The number of aromatic nitrogens is 3. The summed E-state index contributed by atoms with van der Waals surface area (Å²) >= 11 is 0. The number of benzene rings is 1. The van der Waals surface area contributed by atoms with Gasteiger partial charge in [0.25, 0.3) is 5.71 Å². The monoisotopic (exact) mass is 231 g/mol. The fourth-order valence-electron chi connectivity index (χ4n) is 1.44. The largest absolute Gasteiger partial charge is 0.479 e. The first-order valence-electron chi connectivity index (χ1n) is 4.81. The lowest BCUT2D eigenvalue weighted by Crippen LogP contribution is -1.79. The third kappa shape index (κ3) is 1.69. The minimum atomic E-state index is -0.376. The van der Waals surface area contributed by atoms with Crippen LogP contribution >= 0.6 is 0 Å². The van der Waals surface area contributed by atoms with Crippen molar-refractivity contribution in [2.45, 2.75) is 0 Å². The summed E-state index contributed by atoms with van der Waals surface area (Å²) in [7, 11) is 0. The molecule has 0 radical (unpaired) electrons. The lowest BCUT2D eigenvalue weighted by Gasteiger charge is -1.93. The highest BCUT2D eigenvalue weighted by Gasteiger charge is 2.10. The van der Waals surface area contributed by atoms with Crippen molar-refractivity contribution in [3.8, 4) is 17.5 Å². The van der Waals surface area contributed by atoms with Gasteiger partial charge in [0.15, 0.2) is 0 Å². The smallest absolute Gasteiger partial charge is 0.317 e. The van der Waals surface area contributed by atoms with Crippen LogP contribution in [0.5, 0.6) is 6.01 Å². The van der Waals surface area contributed by atoms with Crippen molar-refractivity contribution in [2.75, 3.05) is 0 Å². The van der Waals surface area contributed by atoms with Gasteiger partial charge in [-0.15, -0.1) is 0 Å². The van der Waals surface area contributed by atoms with Crippen LogP contribution in [0.2, 0.25) is 0 Å². The van der Waals surface area contributed by atoms with Gasteiger partial charge < -0.3 is 9.52 Å². The molecule has 3 aromatic rings. The quantitative estimate of drug-likeness (QED) is 0.694. The summed E-state index contributed by atoms with van der Waals surface area (Å²) in [5, 5.41) is 9.09. The van der Waals surface area contributed by atoms with E-state index in [1.54, 1.807) is 12.1 Å². The zero-order valence-corrected chi connectivity index (χ0v) is 8.46. The average molecular weight is 231 g/mol. The molecule has 1 N–H and O–H groups in total. The number of fused-ring (bicyclic) bond motifs is 1. The van der Waals surface area contributed by atoms with Gasteiger partial charge >= 0.3 is 6.01 Å². The molecule has 3 rings (SSSR count). The van der Waals surface area contributed by atoms with Crippen LogP contribution in [-0.2, 0) is 0 Å². The second-order valence-electron chi connectivity index (χ2n) is 3.39. The minimum absolute atomic E-state index is 0.192. The Hall–Kier alpha value is -2.50. The van der Waals surface area contributed by atoms with E-state index < -0.39 is 0 Å². The van der Waals surface area contributed by atoms with Crippen LogP contribution in [0, 0.1) is 5.82 Å². The summed E-state index contributed by atoms with van der Waals surface area (Å²) < 4.78 is 18.1. The van der Waals surface area contributed by atoms with Crippen LogP contribution in [0.15, 0.2) is 34.9 Å². The predicted molar refractivity (Wildman–Crippen MR) is 56.7 cm³/mol. The van der Waals surface area contributed by atoms with Crippen molar-refractivity contribution in [3.05, 3.63) is 36.3 Å². The van der Waals surface area contributed by atoms with Crippen LogP contribution in [0.1, 0.15) is 0 Å². The van der Waals surface area contributed by atoms with E-state index in [9.17, 15) is 4.39 Å². The molecule has 0 aliphatic heterocycles. The van der Waals surface area contributed by atoms with Crippen LogP contribution in [0.25, 0.3) is 22.7 Å². The molecule has 0 aliphatic rings. The first kappa shape index (κ1) is 9.71. The fraction of sp³-hybridized carbons (Fsp3) is 0. The summed E-state index contributed by atoms with van der Waals surface area (Å²) in [5.74, 6) is -0.0257. The van der Waals surface area contributed by atoms with Gasteiger partial charge in [-0.2, -0.15) is 4.98 Å². The Morgan fingerprint density at radius 1 is 1.12 bits per heavy atom. The van der Waals surface area contributed by atoms with E-state index in [4.69, 9.17) is 9.52 Å². The topological polar surface area (TPSA) is 72.0 Å². The molecule has 2 heterocycles. The van der Waals surface area contributed by atoms with Gasteiger partial charge in [-0.25, -0.2) is 14.4 Å². The Morgan fingerprint density at radius 2 is 1.88 bits per heavy atom. The number of aromatic hydroxyl groups is 1. The number of halogens is 1. The average Bonchev–Trinajstić information content (AvgIpc) is 2.72. The van der Waals surface area contributed by atoms with Crippen molar-refractivity contribution in [1.29, 1.82) is 0 Å². The maximum absolute atomic E-state index is 12.8. The van der Waals surface area contributed by atoms with Crippen LogP contribution in [-0.4, -0.2) is 20.1 Å². The van der Waals surface area contributed by atoms with Crippen molar-refractivity contribution < 1.29 is 13.9 Å². The molecule has 0 fully saturated rings. The highest BCUT2D eigenvalue weighted by atomic mass is 19.1. The molecule has 1 aromatic carbocycles. The summed E-state index contributed by atoms with van der Waals surface area (Å²) in [5.41, 5.74) is 1.25. The van der Waals surface area contributed by atoms with Gasteiger partial charge in [0.2, 0.25) is 5.89 Å². The molecule has 0 atom stereocenters. The van der Waals surface area contributed by atoms with E-state index >= 15 is 0 Å². The molecule has 0 spiro atoms. The van der Waals surface area contributed by atoms with Gasteiger partial charge in [-0.1, -0.05) is 0 Å². The van der Waals surface area contributed by atoms with Crippen LogP contribution in [0.3, 0.4) is 0 Å². The highest BCUT2D eigenvalue weighted by molar-refractivity contribution is 5.71. The molecule has 0 bridgehead atoms.